The van der Waals surface area contributed by atoms with Gasteiger partial charge in [0.15, 0.2) is 5.78 Å². The molecule has 2 fully saturated rings. The largest absolute Gasteiger partial charge is 0.465 e. The van der Waals surface area contributed by atoms with E-state index in [1.54, 1.807) is 0 Å². The maximum absolute atomic E-state index is 11.9. The van der Waals surface area contributed by atoms with Crippen molar-refractivity contribution in [3.8, 4) is 0 Å². The molecule has 2 heterocycles. The molecular weight excluding hydrogens is 318 g/mol. The Morgan fingerprint density at radius 3 is 2.64 bits per heavy atom. The molecule has 136 valence electrons. The van der Waals surface area contributed by atoms with Crippen LogP contribution in [0.15, 0.2) is 18.2 Å². The van der Waals surface area contributed by atoms with E-state index in [-0.39, 0.29) is 18.4 Å². The number of morpholine rings is 1. The Morgan fingerprint density at radius 2 is 1.92 bits per heavy atom. The maximum atomic E-state index is 11.9. The molecule has 25 heavy (non-hydrogen) atoms. The second-order valence-electron chi connectivity index (χ2n) is 6.82. The molecule has 0 saturated carbocycles. The minimum atomic E-state index is -0.577. The van der Waals surface area contributed by atoms with Crippen molar-refractivity contribution in [2.45, 2.75) is 39.2 Å². The van der Waals surface area contributed by atoms with Crippen LogP contribution in [0.1, 0.15) is 36.5 Å². The smallest absolute Gasteiger partial charge is 0.316 e. The monoisotopic (exact) mass is 345 g/mol. The molecule has 1 aromatic carbocycles. The van der Waals surface area contributed by atoms with Gasteiger partial charge in [-0.25, -0.2) is 0 Å². The molecule has 0 amide bonds. The topological polar surface area (TPSA) is 55.8 Å². The summed E-state index contributed by atoms with van der Waals surface area (Å²) in [5.74, 6) is -0.904. The van der Waals surface area contributed by atoms with E-state index in [2.05, 4.69) is 30.0 Å². The first-order valence-electron chi connectivity index (χ1n) is 9.27. The fourth-order valence-corrected chi connectivity index (χ4v) is 3.57. The summed E-state index contributed by atoms with van der Waals surface area (Å²) >= 11 is 0. The van der Waals surface area contributed by atoms with Crippen molar-refractivity contribution < 1.29 is 19.1 Å². The molecule has 2 aliphatic rings. The Labute approximate surface area is 149 Å². The van der Waals surface area contributed by atoms with E-state index in [9.17, 15) is 9.59 Å². The fraction of sp³-hybridized carbons (Fsp3) is 0.600. The summed E-state index contributed by atoms with van der Waals surface area (Å²) in [5, 5.41) is 0. The molecule has 3 rings (SSSR count). The van der Waals surface area contributed by atoms with E-state index in [1.807, 2.05) is 0 Å². The summed E-state index contributed by atoms with van der Waals surface area (Å²) in [7, 11) is 0. The van der Waals surface area contributed by atoms with Crippen LogP contribution in [-0.4, -0.2) is 49.6 Å². The molecule has 0 radical (unpaired) electrons. The van der Waals surface area contributed by atoms with Crippen molar-refractivity contribution in [3.05, 3.63) is 34.9 Å². The van der Waals surface area contributed by atoms with Gasteiger partial charge in [-0.3, -0.25) is 14.5 Å². The average molecular weight is 345 g/mol. The molecule has 0 N–H and O–H groups in total. The number of carbonyl (C=O) groups excluding carboxylic acids is 2. The Balaban J connectivity index is 1.62. The fourth-order valence-electron chi connectivity index (χ4n) is 3.57. The van der Waals surface area contributed by atoms with Crippen LogP contribution < -0.4 is 0 Å². The summed E-state index contributed by atoms with van der Waals surface area (Å²) < 4.78 is 10.4. The highest BCUT2D eigenvalue weighted by Crippen LogP contribution is 2.21. The SMILES string of the molecule is CCc1cc(CCC2C(=O)CCOC2=O)ccc1CN1CCOCC1. The third-order valence-electron chi connectivity index (χ3n) is 5.14. The quantitative estimate of drug-likeness (QED) is 0.584. The molecule has 2 aliphatic heterocycles. The first-order chi connectivity index (χ1) is 12.2. The number of ether oxygens (including phenoxy) is 2. The highest BCUT2D eigenvalue weighted by molar-refractivity contribution is 6.00. The molecule has 5 nitrogen and oxygen atoms in total. The summed E-state index contributed by atoms with van der Waals surface area (Å²) in [6.45, 7) is 6.96. The minimum absolute atomic E-state index is 0.0240. The van der Waals surface area contributed by atoms with Crippen molar-refractivity contribution in [1.29, 1.82) is 0 Å². The normalized spacial score (nSPS) is 22.0. The molecule has 0 spiro atoms. The van der Waals surface area contributed by atoms with Gasteiger partial charge in [-0.05, 0) is 36.0 Å². The second-order valence-corrected chi connectivity index (χ2v) is 6.82. The maximum Gasteiger partial charge on any atom is 0.316 e. The van der Waals surface area contributed by atoms with Crippen LogP contribution in [-0.2, 0) is 38.4 Å². The van der Waals surface area contributed by atoms with Gasteiger partial charge in [-0.15, -0.1) is 0 Å². The molecule has 0 aliphatic carbocycles. The molecule has 0 bridgehead atoms. The van der Waals surface area contributed by atoms with Crippen molar-refractivity contribution in [2.75, 3.05) is 32.9 Å². The number of hydrogen-bond acceptors (Lipinski definition) is 5. The highest BCUT2D eigenvalue weighted by atomic mass is 16.5. The number of hydrogen-bond donors (Lipinski definition) is 0. The number of rotatable bonds is 6. The standard InChI is InChI=1S/C20H27NO4/c1-2-16-13-15(4-6-18-19(22)7-10-25-20(18)23)3-5-17(16)14-21-8-11-24-12-9-21/h3,5,13,18H,2,4,6-12,14H2,1H3. The van der Waals surface area contributed by atoms with Gasteiger partial charge in [-0.2, -0.15) is 0 Å². The number of nitrogens with zero attached hydrogens (tertiary/aromatic N) is 1. The summed E-state index contributed by atoms with van der Waals surface area (Å²) in [6.07, 6.45) is 2.62. The van der Waals surface area contributed by atoms with Crippen LogP contribution in [0.4, 0.5) is 0 Å². The van der Waals surface area contributed by atoms with Gasteiger partial charge in [0.1, 0.15) is 5.92 Å². The summed E-state index contributed by atoms with van der Waals surface area (Å²) in [4.78, 5) is 26.1. The van der Waals surface area contributed by atoms with Crippen LogP contribution in [0, 0.1) is 5.92 Å². The Bertz CT molecular complexity index is 606. The lowest BCUT2D eigenvalue weighted by molar-refractivity contribution is -0.158. The number of cyclic esters (lactones) is 1. The first kappa shape index (κ1) is 18.1. The van der Waals surface area contributed by atoms with E-state index in [0.29, 0.717) is 12.8 Å². The Morgan fingerprint density at radius 1 is 1.12 bits per heavy atom. The highest BCUT2D eigenvalue weighted by Gasteiger charge is 2.31. The van der Waals surface area contributed by atoms with E-state index in [4.69, 9.17) is 9.47 Å². The van der Waals surface area contributed by atoms with Crippen LogP contribution in [0.2, 0.25) is 0 Å². The summed E-state index contributed by atoms with van der Waals surface area (Å²) in [6, 6.07) is 6.56. The Kier molecular flexibility index (Phi) is 6.21. The van der Waals surface area contributed by atoms with E-state index in [0.717, 1.165) is 45.7 Å². The lowest BCUT2D eigenvalue weighted by atomic mass is 9.91. The first-order valence-corrected chi connectivity index (χ1v) is 9.27. The number of ketones is 1. The third-order valence-corrected chi connectivity index (χ3v) is 5.14. The van der Waals surface area contributed by atoms with Gasteiger partial charge >= 0.3 is 5.97 Å². The molecule has 0 aromatic heterocycles. The second kappa shape index (κ2) is 8.59. The van der Waals surface area contributed by atoms with Gasteiger partial charge in [0.05, 0.1) is 19.8 Å². The minimum Gasteiger partial charge on any atom is -0.465 e. The van der Waals surface area contributed by atoms with Gasteiger partial charge in [0.25, 0.3) is 0 Å². The van der Waals surface area contributed by atoms with Gasteiger partial charge in [0.2, 0.25) is 0 Å². The van der Waals surface area contributed by atoms with Gasteiger partial charge in [0, 0.05) is 26.1 Å². The predicted molar refractivity (Wildman–Crippen MR) is 94.3 cm³/mol. The van der Waals surface area contributed by atoms with Crippen molar-refractivity contribution in [1.82, 2.24) is 4.90 Å². The zero-order valence-electron chi connectivity index (χ0n) is 15.0. The predicted octanol–water partition coefficient (Wildman–Crippen LogP) is 2.15. The van der Waals surface area contributed by atoms with E-state index >= 15 is 0 Å². The zero-order chi connectivity index (χ0) is 17.6. The summed E-state index contributed by atoms with van der Waals surface area (Å²) in [5.41, 5.74) is 3.90. The average Bonchev–Trinajstić information content (AvgIpc) is 2.63. The van der Waals surface area contributed by atoms with Crippen molar-refractivity contribution in [2.24, 2.45) is 5.92 Å². The molecule has 5 heteroatoms. The van der Waals surface area contributed by atoms with E-state index < -0.39 is 5.92 Å². The van der Waals surface area contributed by atoms with Crippen molar-refractivity contribution in [3.63, 3.8) is 0 Å². The van der Waals surface area contributed by atoms with Crippen LogP contribution in [0.25, 0.3) is 0 Å². The molecular formula is C20H27NO4. The molecule has 1 unspecified atom stereocenters. The number of esters is 1. The molecule has 1 atom stereocenters. The lowest BCUT2D eigenvalue weighted by Crippen LogP contribution is -2.35. The number of aryl methyl sites for hydroxylation is 2. The van der Waals surface area contributed by atoms with Gasteiger partial charge < -0.3 is 9.47 Å². The van der Waals surface area contributed by atoms with Crippen LogP contribution in [0.3, 0.4) is 0 Å². The number of carbonyl (C=O) groups is 2. The molecule has 1 aromatic rings. The lowest BCUT2D eigenvalue weighted by Gasteiger charge is -2.27. The molecule has 2 saturated heterocycles. The number of benzene rings is 1. The van der Waals surface area contributed by atoms with Crippen LogP contribution in [0.5, 0.6) is 0 Å². The number of Topliss-reactive ketones (excluding diaryl/α,β-unsaturated/α-hetero) is 1. The van der Waals surface area contributed by atoms with Gasteiger partial charge in [-0.1, -0.05) is 25.1 Å². The van der Waals surface area contributed by atoms with Crippen molar-refractivity contribution >= 4 is 11.8 Å². The van der Waals surface area contributed by atoms with Crippen LogP contribution >= 0.6 is 0 Å². The Hall–Kier alpha value is -1.72. The zero-order valence-corrected chi connectivity index (χ0v) is 15.0. The third kappa shape index (κ3) is 4.67. The van der Waals surface area contributed by atoms with E-state index in [1.165, 1.54) is 16.7 Å².